The van der Waals surface area contributed by atoms with Gasteiger partial charge >= 0.3 is 0 Å². The smallest absolute Gasteiger partial charge is 0.235 e. The Morgan fingerprint density at radius 3 is 2.59 bits per heavy atom. The number of carbonyl (C=O) groups is 1. The maximum atomic E-state index is 11.9. The summed E-state index contributed by atoms with van der Waals surface area (Å²) in [5.74, 6) is -1.04. The molecule has 5 nitrogen and oxygen atoms in total. The number of nitrogen functional groups attached to an aromatic ring is 1. The van der Waals surface area contributed by atoms with E-state index in [0.717, 1.165) is 0 Å². The number of hydrogen-bond acceptors (Lipinski definition) is 4. The molecule has 0 atom stereocenters. The van der Waals surface area contributed by atoms with Gasteiger partial charge in [0.15, 0.2) is 9.84 Å². The first-order chi connectivity index (χ1) is 7.86. The largest absolute Gasteiger partial charge is 0.399 e. The van der Waals surface area contributed by atoms with Gasteiger partial charge in [0.2, 0.25) is 5.91 Å². The molecule has 1 aromatic rings. The fraction of sp³-hybridized carbons (Fsp3) is 0.364. The summed E-state index contributed by atoms with van der Waals surface area (Å²) in [6.45, 7) is 3.87. The van der Waals surface area contributed by atoms with Crippen LogP contribution in [-0.2, 0) is 14.6 Å². The van der Waals surface area contributed by atoms with Crippen molar-refractivity contribution < 1.29 is 13.2 Å². The molecule has 0 saturated heterocycles. The Morgan fingerprint density at radius 2 is 2.06 bits per heavy atom. The summed E-state index contributed by atoms with van der Waals surface area (Å²) in [5, 5.41) is 2.45. The number of aryl methyl sites for hydroxylation is 1. The summed E-state index contributed by atoms with van der Waals surface area (Å²) < 4.78 is 23.8. The van der Waals surface area contributed by atoms with Gasteiger partial charge in [0.05, 0.1) is 4.90 Å². The lowest BCUT2D eigenvalue weighted by Gasteiger charge is -2.07. The van der Waals surface area contributed by atoms with E-state index in [1.54, 1.807) is 13.8 Å². The Balaban J connectivity index is 2.97. The van der Waals surface area contributed by atoms with E-state index in [2.05, 4.69) is 5.32 Å². The number of hydrogen-bond donors (Lipinski definition) is 2. The second-order valence-electron chi connectivity index (χ2n) is 3.73. The second kappa shape index (κ2) is 5.18. The molecule has 1 rings (SSSR count). The summed E-state index contributed by atoms with van der Waals surface area (Å²) in [4.78, 5) is 11.4. The first-order valence-electron chi connectivity index (χ1n) is 5.22. The van der Waals surface area contributed by atoms with Crippen LogP contribution >= 0.6 is 0 Å². The van der Waals surface area contributed by atoms with Crippen molar-refractivity contribution in [3.8, 4) is 0 Å². The molecule has 1 aromatic carbocycles. The van der Waals surface area contributed by atoms with E-state index in [1.165, 1.54) is 18.2 Å². The maximum absolute atomic E-state index is 11.9. The summed E-state index contributed by atoms with van der Waals surface area (Å²) >= 11 is 0. The fourth-order valence-electron chi connectivity index (χ4n) is 1.35. The highest BCUT2D eigenvalue weighted by Crippen LogP contribution is 2.17. The van der Waals surface area contributed by atoms with Crippen LogP contribution in [0.4, 0.5) is 5.69 Å². The molecule has 0 fully saturated rings. The first-order valence-corrected chi connectivity index (χ1v) is 6.87. The zero-order chi connectivity index (χ0) is 13.1. The average molecular weight is 256 g/mol. The fourth-order valence-corrected chi connectivity index (χ4v) is 2.59. The molecule has 0 saturated carbocycles. The molecule has 0 radical (unpaired) electrons. The van der Waals surface area contributed by atoms with Crippen LogP contribution in [0.25, 0.3) is 0 Å². The van der Waals surface area contributed by atoms with Crippen LogP contribution in [0.15, 0.2) is 23.1 Å². The van der Waals surface area contributed by atoms with Crippen molar-refractivity contribution in [1.82, 2.24) is 5.32 Å². The highest BCUT2D eigenvalue weighted by molar-refractivity contribution is 7.92. The molecule has 0 aliphatic heterocycles. The van der Waals surface area contributed by atoms with Crippen LogP contribution in [-0.4, -0.2) is 26.6 Å². The van der Waals surface area contributed by atoms with Gasteiger partial charge in [-0.25, -0.2) is 8.42 Å². The number of nitrogens with two attached hydrogens (primary N) is 1. The molecule has 6 heteroatoms. The van der Waals surface area contributed by atoms with Gasteiger partial charge in [0.25, 0.3) is 0 Å². The van der Waals surface area contributed by atoms with Gasteiger partial charge in [-0.05, 0) is 37.6 Å². The Labute approximate surface area is 101 Å². The van der Waals surface area contributed by atoms with Crippen molar-refractivity contribution in [2.45, 2.75) is 18.7 Å². The molecule has 17 heavy (non-hydrogen) atoms. The topological polar surface area (TPSA) is 89.3 Å². The zero-order valence-corrected chi connectivity index (χ0v) is 10.7. The van der Waals surface area contributed by atoms with Crippen LogP contribution in [0.5, 0.6) is 0 Å². The molecule has 1 amide bonds. The van der Waals surface area contributed by atoms with Crippen LogP contribution in [0, 0.1) is 6.92 Å². The molecule has 94 valence electrons. The SMILES string of the molecule is CCNC(=O)CS(=O)(=O)c1ccc(N)c(C)c1. The van der Waals surface area contributed by atoms with E-state index in [-0.39, 0.29) is 4.90 Å². The molecule has 0 bridgehead atoms. The van der Waals surface area contributed by atoms with Crippen LogP contribution in [0.1, 0.15) is 12.5 Å². The summed E-state index contributed by atoms with van der Waals surface area (Å²) in [6.07, 6.45) is 0. The summed E-state index contributed by atoms with van der Waals surface area (Å²) in [6, 6.07) is 4.42. The van der Waals surface area contributed by atoms with Gasteiger partial charge in [0.1, 0.15) is 5.75 Å². The number of rotatable bonds is 4. The van der Waals surface area contributed by atoms with Gasteiger partial charge < -0.3 is 11.1 Å². The molecule has 0 aromatic heterocycles. The van der Waals surface area contributed by atoms with Crippen molar-refractivity contribution in [3.63, 3.8) is 0 Å². The van der Waals surface area contributed by atoms with Crippen molar-refractivity contribution in [2.75, 3.05) is 18.0 Å². The van der Waals surface area contributed by atoms with E-state index in [4.69, 9.17) is 5.73 Å². The lowest BCUT2D eigenvalue weighted by Crippen LogP contribution is -2.30. The van der Waals surface area contributed by atoms with Crippen LogP contribution < -0.4 is 11.1 Å². The normalized spacial score (nSPS) is 11.2. The highest BCUT2D eigenvalue weighted by Gasteiger charge is 2.19. The monoisotopic (exact) mass is 256 g/mol. The minimum atomic E-state index is -3.59. The predicted octanol–water partition coefficient (Wildman–Crippen LogP) is 0.487. The molecular weight excluding hydrogens is 240 g/mol. The first kappa shape index (κ1) is 13.5. The van der Waals surface area contributed by atoms with Crippen molar-refractivity contribution >= 4 is 21.4 Å². The van der Waals surface area contributed by atoms with Crippen LogP contribution in [0.3, 0.4) is 0 Å². The Bertz CT molecular complexity index is 524. The molecule has 0 spiro atoms. The lowest BCUT2D eigenvalue weighted by molar-refractivity contribution is -0.118. The third kappa shape index (κ3) is 3.45. The van der Waals surface area contributed by atoms with Gasteiger partial charge in [-0.1, -0.05) is 0 Å². The molecule has 0 heterocycles. The standard InChI is InChI=1S/C11H16N2O3S/c1-3-13-11(14)7-17(15,16)9-4-5-10(12)8(2)6-9/h4-6H,3,7,12H2,1-2H3,(H,13,14). The quantitative estimate of drug-likeness (QED) is 0.767. The third-order valence-electron chi connectivity index (χ3n) is 2.30. The lowest BCUT2D eigenvalue weighted by atomic mass is 10.2. The van der Waals surface area contributed by atoms with Gasteiger partial charge in [-0.15, -0.1) is 0 Å². The van der Waals surface area contributed by atoms with E-state index < -0.39 is 21.5 Å². The van der Waals surface area contributed by atoms with E-state index in [9.17, 15) is 13.2 Å². The minimum Gasteiger partial charge on any atom is -0.399 e. The van der Waals surface area contributed by atoms with E-state index in [0.29, 0.717) is 17.8 Å². The molecular formula is C11H16N2O3S. The number of carbonyl (C=O) groups excluding carboxylic acids is 1. The number of amides is 1. The highest BCUT2D eigenvalue weighted by atomic mass is 32.2. The zero-order valence-electron chi connectivity index (χ0n) is 9.86. The van der Waals surface area contributed by atoms with E-state index >= 15 is 0 Å². The average Bonchev–Trinajstić information content (AvgIpc) is 2.21. The Morgan fingerprint density at radius 1 is 1.41 bits per heavy atom. The van der Waals surface area contributed by atoms with Crippen LogP contribution in [0.2, 0.25) is 0 Å². The van der Waals surface area contributed by atoms with Crippen molar-refractivity contribution in [2.24, 2.45) is 0 Å². The maximum Gasteiger partial charge on any atom is 0.235 e. The predicted molar refractivity (Wildman–Crippen MR) is 66.3 cm³/mol. The van der Waals surface area contributed by atoms with Gasteiger partial charge in [-0.2, -0.15) is 0 Å². The molecule has 0 aliphatic rings. The number of sulfone groups is 1. The van der Waals surface area contributed by atoms with Gasteiger partial charge in [0, 0.05) is 12.2 Å². The molecule has 3 N–H and O–H groups in total. The Hall–Kier alpha value is -1.56. The van der Waals surface area contributed by atoms with E-state index in [1.807, 2.05) is 0 Å². The summed E-state index contributed by atoms with van der Waals surface area (Å²) in [7, 11) is -3.59. The van der Waals surface area contributed by atoms with Crippen molar-refractivity contribution in [1.29, 1.82) is 0 Å². The summed E-state index contributed by atoms with van der Waals surface area (Å²) in [5.41, 5.74) is 6.82. The van der Waals surface area contributed by atoms with Gasteiger partial charge in [-0.3, -0.25) is 4.79 Å². The molecule has 0 aliphatic carbocycles. The number of anilines is 1. The van der Waals surface area contributed by atoms with Crippen molar-refractivity contribution in [3.05, 3.63) is 23.8 Å². The second-order valence-corrected chi connectivity index (χ2v) is 5.72. The third-order valence-corrected chi connectivity index (χ3v) is 3.91. The number of benzene rings is 1. The minimum absolute atomic E-state index is 0.121. The molecule has 0 unspecified atom stereocenters. The number of nitrogens with one attached hydrogen (secondary N) is 1. The Kier molecular flexibility index (Phi) is 4.11.